The summed E-state index contributed by atoms with van der Waals surface area (Å²) in [5.41, 5.74) is 4.53. The Hall–Kier alpha value is -2.30. The van der Waals surface area contributed by atoms with Crippen LogP contribution in [0.1, 0.15) is 25.0 Å². The molecule has 0 bridgehead atoms. The number of hydrogen-bond acceptors (Lipinski definition) is 4. The molecule has 4 nitrogen and oxygen atoms in total. The van der Waals surface area contributed by atoms with E-state index in [0.717, 1.165) is 22.5 Å². The molecule has 1 unspecified atom stereocenters. The number of rotatable bonds is 6. The molecule has 0 aliphatic heterocycles. The highest BCUT2D eigenvalue weighted by molar-refractivity contribution is 6.30. The fourth-order valence-electron chi connectivity index (χ4n) is 2.75. The van der Waals surface area contributed by atoms with E-state index in [2.05, 4.69) is 34.5 Å². The number of anilines is 1. The van der Waals surface area contributed by atoms with E-state index in [4.69, 9.17) is 17.4 Å². The van der Waals surface area contributed by atoms with E-state index in [1.165, 1.54) is 0 Å². The van der Waals surface area contributed by atoms with E-state index in [1.54, 1.807) is 0 Å². The maximum atomic E-state index is 6.01. The Morgan fingerprint density at radius 1 is 1.12 bits per heavy atom. The Morgan fingerprint density at radius 3 is 2.24 bits per heavy atom. The number of benzene rings is 2. The van der Waals surface area contributed by atoms with E-state index < -0.39 is 0 Å². The third kappa shape index (κ3) is 4.21. The van der Waals surface area contributed by atoms with E-state index in [1.807, 2.05) is 63.5 Å². The maximum absolute atomic E-state index is 6.01. The van der Waals surface area contributed by atoms with Crippen molar-refractivity contribution in [3.8, 4) is 0 Å². The lowest BCUT2D eigenvalue weighted by molar-refractivity contribution is 0.313. The topological polar surface area (TPSA) is 44.9 Å². The molecule has 0 aromatic heterocycles. The van der Waals surface area contributed by atoms with Crippen LogP contribution in [0.25, 0.3) is 0 Å². The minimum Gasteiger partial charge on any atom is -0.329 e. The second-order valence-corrected chi connectivity index (χ2v) is 6.64. The average molecular weight is 357 g/mol. The zero-order valence-electron chi connectivity index (χ0n) is 15.2. The standard InChI is InChI=1S/C20H25ClN4/c1-14(2)25(15(3)24(4)5)19-9-7-6-8-18(19)20(23-22)16-10-12-17(21)13-11-16/h6-13,15H,1,22H2,2-5H3/b23-20-. The van der Waals surface area contributed by atoms with Gasteiger partial charge in [-0.1, -0.05) is 48.5 Å². The third-order valence-corrected chi connectivity index (χ3v) is 4.45. The van der Waals surface area contributed by atoms with Crippen molar-refractivity contribution in [1.82, 2.24) is 4.90 Å². The molecule has 2 rings (SSSR count). The summed E-state index contributed by atoms with van der Waals surface area (Å²) in [5.74, 6) is 5.76. The van der Waals surface area contributed by atoms with Gasteiger partial charge in [0.2, 0.25) is 0 Å². The quantitative estimate of drug-likeness (QED) is 0.363. The Balaban J connectivity index is 2.59. The average Bonchev–Trinajstić information content (AvgIpc) is 2.58. The Labute approximate surface area is 155 Å². The van der Waals surface area contributed by atoms with Crippen molar-refractivity contribution in [3.63, 3.8) is 0 Å². The highest BCUT2D eigenvalue weighted by Gasteiger charge is 2.22. The maximum Gasteiger partial charge on any atom is 0.0992 e. The molecular formula is C20H25ClN4. The van der Waals surface area contributed by atoms with Gasteiger partial charge in [-0.15, -0.1) is 0 Å². The van der Waals surface area contributed by atoms with Gasteiger partial charge in [-0.3, -0.25) is 4.90 Å². The summed E-state index contributed by atoms with van der Waals surface area (Å²) in [6.07, 6.45) is 0.128. The van der Waals surface area contributed by atoms with Crippen molar-refractivity contribution < 1.29 is 0 Å². The smallest absolute Gasteiger partial charge is 0.0992 e. The molecule has 132 valence electrons. The first-order valence-electron chi connectivity index (χ1n) is 8.11. The van der Waals surface area contributed by atoms with E-state index >= 15 is 0 Å². The van der Waals surface area contributed by atoms with Crippen molar-refractivity contribution in [2.75, 3.05) is 19.0 Å². The second-order valence-electron chi connectivity index (χ2n) is 6.20. The van der Waals surface area contributed by atoms with Crippen LogP contribution >= 0.6 is 11.6 Å². The number of hydrazone groups is 1. The van der Waals surface area contributed by atoms with Crippen LogP contribution in [0.2, 0.25) is 5.02 Å². The van der Waals surface area contributed by atoms with Crippen LogP contribution in [0.4, 0.5) is 5.69 Å². The van der Waals surface area contributed by atoms with Crippen molar-refractivity contribution in [1.29, 1.82) is 0 Å². The number of hydrogen-bond donors (Lipinski definition) is 1. The number of halogens is 1. The first-order valence-corrected chi connectivity index (χ1v) is 8.49. The Kier molecular flexibility index (Phi) is 6.23. The van der Waals surface area contributed by atoms with Gasteiger partial charge >= 0.3 is 0 Å². The molecule has 0 aliphatic carbocycles. The van der Waals surface area contributed by atoms with Gasteiger partial charge in [0.15, 0.2) is 0 Å². The SMILES string of the molecule is C=C(C)N(c1ccccc1/C(=N\N)c1ccc(Cl)cc1)C(C)N(C)C. The van der Waals surface area contributed by atoms with Crippen LogP contribution in [0, 0.1) is 0 Å². The summed E-state index contributed by atoms with van der Waals surface area (Å²) >= 11 is 6.01. The monoisotopic (exact) mass is 356 g/mol. The van der Waals surface area contributed by atoms with Crippen LogP contribution in [-0.2, 0) is 0 Å². The van der Waals surface area contributed by atoms with Gasteiger partial charge in [-0.05, 0) is 46.1 Å². The fourth-order valence-corrected chi connectivity index (χ4v) is 2.87. The molecule has 0 aliphatic rings. The van der Waals surface area contributed by atoms with Crippen LogP contribution < -0.4 is 10.7 Å². The molecule has 0 fully saturated rings. The zero-order valence-corrected chi connectivity index (χ0v) is 16.0. The molecule has 0 radical (unpaired) electrons. The van der Waals surface area contributed by atoms with Gasteiger partial charge in [0.1, 0.15) is 0 Å². The zero-order chi connectivity index (χ0) is 18.6. The lowest BCUT2D eigenvalue weighted by Crippen LogP contribution is -2.42. The predicted octanol–water partition coefficient (Wildman–Crippen LogP) is 4.30. The third-order valence-electron chi connectivity index (χ3n) is 4.20. The molecule has 2 N–H and O–H groups in total. The van der Waals surface area contributed by atoms with Crippen molar-refractivity contribution in [2.24, 2.45) is 10.9 Å². The largest absolute Gasteiger partial charge is 0.329 e. The molecule has 5 heteroatoms. The van der Waals surface area contributed by atoms with Crippen molar-refractivity contribution in [2.45, 2.75) is 20.0 Å². The minimum atomic E-state index is 0.128. The van der Waals surface area contributed by atoms with E-state index in [9.17, 15) is 0 Å². The highest BCUT2D eigenvalue weighted by atomic mass is 35.5. The molecular weight excluding hydrogens is 332 g/mol. The first kappa shape index (κ1) is 19.0. The van der Waals surface area contributed by atoms with Gasteiger partial charge < -0.3 is 10.7 Å². The van der Waals surface area contributed by atoms with Gasteiger partial charge in [0.25, 0.3) is 0 Å². The molecule has 1 atom stereocenters. The molecule has 0 amide bonds. The minimum absolute atomic E-state index is 0.128. The second kappa shape index (κ2) is 8.19. The summed E-state index contributed by atoms with van der Waals surface area (Å²) in [5, 5.41) is 4.75. The van der Waals surface area contributed by atoms with Crippen molar-refractivity contribution in [3.05, 3.63) is 77.0 Å². The van der Waals surface area contributed by atoms with Crippen molar-refractivity contribution >= 4 is 23.0 Å². The molecule has 0 saturated heterocycles. The Morgan fingerprint density at radius 2 is 1.72 bits per heavy atom. The molecule has 2 aromatic rings. The normalized spacial score (nSPS) is 13.0. The molecule has 25 heavy (non-hydrogen) atoms. The van der Waals surface area contributed by atoms with Gasteiger partial charge in [-0.25, -0.2) is 0 Å². The summed E-state index contributed by atoms with van der Waals surface area (Å²) < 4.78 is 0. The number of nitrogens with two attached hydrogens (primary N) is 1. The fraction of sp³-hybridized carbons (Fsp3) is 0.250. The van der Waals surface area contributed by atoms with Gasteiger partial charge in [-0.2, -0.15) is 5.10 Å². The Bertz CT molecular complexity index is 766. The van der Waals surface area contributed by atoms with Crippen LogP contribution in [-0.4, -0.2) is 30.9 Å². The lowest BCUT2D eigenvalue weighted by atomic mass is 9.99. The molecule has 0 spiro atoms. The molecule has 2 aromatic carbocycles. The van der Waals surface area contributed by atoms with Gasteiger partial charge in [0.05, 0.1) is 17.6 Å². The summed E-state index contributed by atoms with van der Waals surface area (Å²) in [4.78, 5) is 4.31. The van der Waals surface area contributed by atoms with Crippen LogP contribution in [0.15, 0.2) is 65.9 Å². The molecule has 0 saturated carbocycles. The first-order chi connectivity index (χ1) is 11.9. The van der Waals surface area contributed by atoms with E-state index in [0.29, 0.717) is 10.7 Å². The van der Waals surface area contributed by atoms with Gasteiger partial charge in [0, 0.05) is 21.8 Å². The lowest BCUT2D eigenvalue weighted by Gasteiger charge is -2.36. The molecule has 0 heterocycles. The predicted molar refractivity (Wildman–Crippen MR) is 108 cm³/mol. The highest BCUT2D eigenvalue weighted by Crippen LogP contribution is 2.29. The summed E-state index contributed by atoms with van der Waals surface area (Å²) in [6, 6.07) is 15.6. The summed E-state index contributed by atoms with van der Waals surface area (Å²) in [7, 11) is 4.08. The van der Waals surface area contributed by atoms with Crippen LogP contribution in [0.5, 0.6) is 0 Å². The van der Waals surface area contributed by atoms with E-state index in [-0.39, 0.29) is 6.17 Å². The van der Waals surface area contributed by atoms with Crippen LogP contribution in [0.3, 0.4) is 0 Å². The summed E-state index contributed by atoms with van der Waals surface area (Å²) in [6.45, 7) is 8.29. The number of para-hydroxylation sites is 1. The number of allylic oxidation sites excluding steroid dienone is 1. The number of nitrogens with zero attached hydrogens (tertiary/aromatic N) is 3.